The predicted molar refractivity (Wildman–Crippen MR) is 101 cm³/mol. The third-order valence-electron chi connectivity index (χ3n) is 4.57. The Bertz CT molecular complexity index is 1040. The Morgan fingerprint density at radius 3 is 2.71 bits per heavy atom. The van der Waals surface area contributed by atoms with Gasteiger partial charge < -0.3 is 20.0 Å². The number of benzene rings is 1. The molecule has 146 valence electrons. The highest BCUT2D eigenvalue weighted by Gasteiger charge is 2.24. The molecule has 0 saturated heterocycles. The maximum Gasteiger partial charge on any atom is 0.389 e. The van der Waals surface area contributed by atoms with Crippen LogP contribution in [0.5, 0.6) is 0 Å². The summed E-state index contributed by atoms with van der Waals surface area (Å²) >= 11 is 0. The second-order valence-electron chi connectivity index (χ2n) is 6.75. The molecule has 1 aromatic carbocycles. The van der Waals surface area contributed by atoms with Crippen LogP contribution in [0.3, 0.4) is 0 Å². The molecule has 0 aliphatic heterocycles. The molecule has 0 spiro atoms. The summed E-state index contributed by atoms with van der Waals surface area (Å²) in [4.78, 5) is 23.0. The zero-order valence-corrected chi connectivity index (χ0v) is 16.1. The predicted octanol–water partition coefficient (Wildman–Crippen LogP) is 3.24. The third kappa shape index (κ3) is 3.93. The van der Waals surface area contributed by atoms with Crippen molar-refractivity contribution < 1.29 is 14.2 Å². The lowest BCUT2D eigenvalue weighted by Crippen LogP contribution is -2.28. The van der Waals surface area contributed by atoms with Gasteiger partial charge in [-0.05, 0) is 43.7 Å². The maximum atomic E-state index is 12.8. The number of aryl methyl sites for hydroxylation is 3. The van der Waals surface area contributed by atoms with Gasteiger partial charge in [0.1, 0.15) is 5.76 Å². The summed E-state index contributed by atoms with van der Waals surface area (Å²) in [5.74, 6) is -0.174. The number of rotatable bonds is 6. The minimum Gasteiger partial charge on any atom is -0.361 e. The van der Waals surface area contributed by atoms with Crippen molar-refractivity contribution in [3.63, 3.8) is 0 Å². The fourth-order valence-electron chi connectivity index (χ4n) is 3.11. The second kappa shape index (κ2) is 7.63. The van der Waals surface area contributed by atoms with Crippen LogP contribution >= 0.6 is 0 Å². The van der Waals surface area contributed by atoms with Gasteiger partial charge in [0.05, 0.1) is 35.5 Å². The molecule has 3 rings (SSSR count). The van der Waals surface area contributed by atoms with E-state index in [1.54, 1.807) is 6.92 Å². The van der Waals surface area contributed by atoms with Gasteiger partial charge in [-0.25, -0.2) is 0 Å². The van der Waals surface area contributed by atoms with Crippen LogP contribution in [-0.4, -0.2) is 25.8 Å². The Morgan fingerprint density at radius 1 is 1.32 bits per heavy atom. The molecule has 0 saturated carbocycles. The number of aromatic nitrogens is 3. The normalized spacial score (nSPS) is 12.0. The first kappa shape index (κ1) is 19.3. The molecule has 0 aliphatic carbocycles. The highest BCUT2D eigenvalue weighted by molar-refractivity contribution is 5.94. The fourth-order valence-corrected chi connectivity index (χ4v) is 3.11. The first-order valence-corrected chi connectivity index (χ1v) is 8.77. The largest absolute Gasteiger partial charge is 0.389 e. The quantitative estimate of drug-likeness (QED) is 0.516. The van der Waals surface area contributed by atoms with Crippen molar-refractivity contribution in [1.82, 2.24) is 20.3 Å². The summed E-state index contributed by atoms with van der Waals surface area (Å²) in [6, 6.07) is 7.14. The molecular formula is C19H21N5O4. The Kier molecular flexibility index (Phi) is 5.25. The zero-order valence-electron chi connectivity index (χ0n) is 16.1. The van der Waals surface area contributed by atoms with Gasteiger partial charge in [0, 0.05) is 0 Å². The highest BCUT2D eigenvalue weighted by atomic mass is 16.6. The number of nitrogens with zero attached hydrogens (tertiary/aromatic N) is 4. The van der Waals surface area contributed by atoms with Gasteiger partial charge in [-0.2, -0.15) is 4.68 Å². The van der Waals surface area contributed by atoms with E-state index in [4.69, 9.17) is 4.52 Å². The number of hydrogen-bond donors (Lipinski definition) is 1. The lowest BCUT2D eigenvalue weighted by molar-refractivity contribution is -0.389. The van der Waals surface area contributed by atoms with Gasteiger partial charge in [0.2, 0.25) is 0 Å². The first-order valence-electron chi connectivity index (χ1n) is 8.77. The molecule has 1 unspecified atom stereocenters. The van der Waals surface area contributed by atoms with Crippen LogP contribution in [0.2, 0.25) is 0 Å². The standard InChI is InChI=1S/C19H21N5O4/c1-11-5-6-15(12(2)9-11)13(3)20-19(25)18-16(14(4)28-22-18)10-23-8-7-17(21-23)24(26)27/h5-9,13H,10H2,1-4H3,(H,20,25). The molecule has 9 heteroatoms. The average molecular weight is 383 g/mol. The van der Waals surface area contributed by atoms with E-state index in [1.165, 1.54) is 16.9 Å². The summed E-state index contributed by atoms with van der Waals surface area (Å²) in [6.45, 7) is 7.75. The van der Waals surface area contributed by atoms with Crippen LogP contribution in [0.25, 0.3) is 0 Å². The van der Waals surface area contributed by atoms with Crippen LogP contribution < -0.4 is 5.32 Å². The van der Waals surface area contributed by atoms with Crippen molar-refractivity contribution in [2.75, 3.05) is 0 Å². The van der Waals surface area contributed by atoms with Gasteiger partial charge in [-0.1, -0.05) is 28.9 Å². The molecule has 2 aromatic heterocycles. The summed E-state index contributed by atoms with van der Waals surface area (Å²) in [6.07, 6.45) is 1.48. The van der Waals surface area contributed by atoms with E-state index in [0.29, 0.717) is 11.3 Å². The van der Waals surface area contributed by atoms with Crippen molar-refractivity contribution in [2.45, 2.75) is 40.3 Å². The lowest BCUT2D eigenvalue weighted by Gasteiger charge is -2.16. The topological polar surface area (TPSA) is 116 Å². The maximum absolute atomic E-state index is 12.8. The summed E-state index contributed by atoms with van der Waals surface area (Å²) < 4.78 is 6.56. The van der Waals surface area contributed by atoms with Crippen LogP contribution in [0.4, 0.5) is 5.82 Å². The minimum absolute atomic E-state index is 0.143. The van der Waals surface area contributed by atoms with Crippen molar-refractivity contribution in [1.29, 1.82) is 0 Å². The van der Waals surface area contributed by atoms with E-state index in [1.807, 2.05) is 32.9 Å². The van der Waals surface area contributed by atoms with Crippen molar-refractivity contribution in [2.24, 2.45) is 0 Å². The molecule has 9 nitrogen and oxygen atoms in total. The van der Waals surface area contributed by atoms with E-state index < -0.39 is 4.92 Å². The molecule has 1 atom stereocenters. The van der Waals surface area contributed by atoms with E-state index in [9.17, 15) is 14.9 Å². The molecule has 3 aromatic rings. The van der Waals surface area contributed by atoms with E-state index >= 15 is 0 Å². The molecule has 0 bridgehead atoms. The van der Waals surface area contributed by atoms with Crippen LogP contribution in [0, 0.1) is 30.9 Å². The molecule has 1 N–H and O–H groups in total. The molecule has 0 fully saturated rings. The van der Waals surface area contributed by atoms with Crippen molar-refractivity contribution in [3.05, 3.63) is 74.3 Å². The monoisotopic (exact) mass is 383 g/mol. The molecule has 28 heavy (non-hydrogen) atoms. The van der Waals surface area contributed by atoms with Crippen molar-refractivity contribution in [3.8, 4) is 0 Å². The minimum atomic E-state index is -0.573. The van der Waals surface area contributed by atoms with E-state index in [-0.39, 0.29) is 30.0 Å². The third-order valence-corrected chi connectivity index (χ3v) is 4.57. The number of carbonyl (C=O) groups excluding carboxylic acids is 1. The SMILES string of the molecule is Cc1ccc(C(C)NC(=O)c2noc(C)c2Cn2ccc([N+](=O)[O-])n2)c(C)c1. The number of nitro groups is 1. The van der Waals surface area contributed by atoms with E-state index in [2.05, 4.69) is 21.6 Å². The first-order chi connectivity index (χ1) is 13.3. The summed E-state index contributed by atoms with van der Waals surface area (Å²) in [5, 5.41) is 21.5. The van der Waals surface area contributed by atoms with Gasteiger partial charge in [0.25, 0.3) is 5.91 Å². The Morgan fingerprint density at radius 2 is 2.07 bits per heavy atom. The number of carbonyl (C=O) groups is 1. The molecule has 0 radical (unpaired) electrons. The summed E-state index contributed by atoms with van der Waals surface area (Å²) in [5.41, 5.74) is 3.94. The second-order valence-corrected chi connectivity index (χ2v) is 6.75. The van der Waals surface area contributed by atoms with Gasteiger partial charge in [0.15, 0.2) is 5.69 Å². The fraction of sp³-hybridized carbons (Fsp3) is 0.316. The number of hydrogen-bond acceptors (Lipinski definition) is 6. The average Bonchev–Trinajstić information content (AvgIpc) is 3.23. The van der Waals surface area contributed by atoms with Crippen LogP contribution in [0.1, 0.15) is 51.5 Å². The highest BCUT2D eigenvalue weighted by Crippen LogP contribution is 2.21. The molecule has 0 aliphatic rings. The van der Waals surface area contributed by atoms with Gasteiger partial charge in [-0.3, -0.25) is 4.79 Å². The van der Waals surface area contributed by atoms with Crippen LogP contribution in [-0.2, 0) is 6.54 Å². The smallest absolute Gasteiger partial charge is 0.361 e. The van der Waals surface area contributed by atoms with Crippen molar-refractivity contribution >= 4 is 11.7 Å². The van der Waals surface area contributed by atoms with Gasteiger partial charge >= 0.3 is 5.82 Å². The lowest BCUT2D eigenvalue weighted by atomic mass is 10.00. The van der Waals surface area contributed by atoms with E-state index in [0.717, 1.165) is 16.7 Å². The zero-order chi connectivity index (χ0) is 20.4. The molecule has 1 amide bonds. The summed E-state index contributed by atoms with van der Waals surface area (Å²) in [7, 11) is 0. The van der Waals surface area contributed by atoms with Crippen LogP contribution in [0.15, 0.2) is 35.0 Å². The molecular weight excluding hydrogens is 362 g/mol. The Labute approximate surface area is 161 Å². The van der Waals surface area contributed by atoms with Gasteiger partial charge in [-0.15, -0.1) is 0 Å². The molecule has 2 heterocycles. The Hall–Kier alpha value is -3.49. The number of nitrogens with one attached hydrogen (secondary N) is 1. The Balaban J connectivity index is 1.79. The number of amides is 1.